The zero-order valence-electron chi connectivity index (χ0n) is 16.3. The zero-order valence-corrected chi connectivity index (χ0v) is 16.3. The number of benzene rings is 2. The molecular formula is C23H33NO. The van der Waals surface area contributed by atoms with Crippen molar-refractivity contribution in [3.8, 4) is 5.75 Å². The van der Waals surface area contributed by atoms with Crippen LogP contribution < -0.4 is 9.64 Å². The summed E-state index contributed by atoms with van der Waals surface area (Å²) >= 11 is 0. The molecule has 0 amide bonds. The van der Waals surface area contributed by atoms with Crippen LogP contribution in [-0.4, -0.2) is 13.7 Å². The minimum atomic E-state index is 0.912. The molecule has 0 aromatic heterocycles. The summed E-state index contributed by atoms with van der Waals surface area (Å²) in [5.41, 5.74) is 5.15. The lowest BCUT2D eigenvalue weighted by molar-refractivity contribution is 0.415. The fraction of sp³-hybridized carbons (Fsp3) is 0.478. The van der Waals surface area contributed by atoms with E-state index in [4.69, 9.17) is 4.74 Å². The Morgan fingerprint density at radius 3 is 2.36 bits per heavy atom. The van der Waals surface area contributed by atoms with Gasteiger partial charge in [0.15, 0.2) is 0 Å². The predicted octanol–water partition coefficient (Wildman–Crippen LogP) is 6.81. The molecule has 0 aliphatic heterocycles. The first kappa shape index (κ1) is 19.4. The second kappa shape index (κ2) is 10.1. The van der Waals surface area contributed by atoms with Crippen molar-refractivity contribution in [2.24, 2.45) is 0 Å². The number of rotatable bonds is 10. The number of unbranched alkanes of at least 4 members (excludes halogenated alkanes) is 5. The predicted molar refractivity (Wildman–Crippen MR) is 109 cm³/mol. The fourth-order valence-corrected chi connectivity index (χ4v) is 3.33. The monoisotopic (exact) mass is 339 g/mol. The number of ether oxygens (including phenoxy) is 1. The van der Waals surface area contributed by atoms with Gasteiger partial charge < -0.3 is 9.64 Å². The molecule has 0 saturated carbocycles. The molecule has 0 N–H and O–H groups in total. The molecule has 0 atom stereocenters. The standard InChI is InChI=1S/C23H33NO/c1-5-6-7-8-9-10-16-24(21-12-11-13-22(18-21)25-4)23-15-14-19(2)17-20(23)3/h11-15,17-18H,5-10,16H2,1-4H3. The summed E-state index contributed by atoms with van der Waals surface area (Å²) in [6, 6.07) is 15.1. The fourth-order valence-electron chi connectivity index (χ4n) is 3.33. The van der Waals surface area contributed by atoms with Crippen molar-refractivity contribution < 1.29 is 4.74 Å². The average Bonchev–Trinajstić information content (AvgIpc) is 2.62. The van der Waals surface area contributed by atoms with Crippen LogP contribution in [0.2, 0.25) is 0 Å². The first-order chi connectivity index (χ1) is 12.2. The molecule has 2 nitrogen and oxygen atoms in total. The van der Waals surface area contributed by atoms with Crippen molar-refractivity contribution in [3.63, 3.8) is 0 Å². The number of nitrogens with zero attached hydrogens (tertiary/aromatic N) is 1. The summed E-state index contributed by atoms with van der Waals surface area (Å²) in [5, 5.41) is 0. The molecule has 0 spiro atoms. The molecule has 0 heterocycles. The first-order valence-electron chi connectivity index (χ1n) is 9.64. The largest absolute Gasteiger partial charge is 0.497 e. The number of hydrogen-bond acceptors (Lipinski definition) is 2. The van der Waals surface area contributed by atoms with Crippen LogP contribution in [0.5, 0.6) is 5.75 Å². The van der Waals surface area contributed by atoms with Crippen LogP contribution in [0.3, 0.4) is 0 Å². The van der Waals surface area contributed by atoms with Gasteiger partial charge in [-0.2, -0.15) is 0 Å². The molecule has 2 rings (SSSR count). The number of aryl methyl sites for hydroxylation is 2. The van der Waals surface area contributed by atoms with E-state index in [1.54, 1.807) is 7.11 Å². The van der Waals surface area contributed by atoms with Crippen molar-refractivity contribution in [2.75, 3.05) is 18.6 Å². The summed E-state index contributed by atoms with van der Waals surface area (Å²) in [6.07, 6.45) is 7.88. The number of hydrogen-bond donors (Lipinski definition) is 0. The molecule has 136 valence electrons. The van der Waals surface area contributed by atoms with Gasteiger partial charge in [-0.25, -0.2) is 0 Å². The smallest absolute Gasteiger partial charge is 0.120 e. The third-order valence-electron chi connectivity index (χ3n) is 4.74. The summed E-state index contributed by atoms with van der Waals surface area (Å²) in [7, 11) is 1.73. The first-order valence-corrected chi connectivity index (χ1v) is 9.64. The van der Waals surface area contributed by atoms with Gasteiger partial charge in [-0.05, 0) is 44.0 Å². The van der Waals surface area contributed by atoms with Crippen LogP contribution in [0, 0.1) is 13.8 Å². The third-order valence-corrected chi connectivity index (χ3v) is 4.74. The van der Waals surface area contributed by atoms with E-state index in [2.05, 4.69) is 62.1 Å². The molecular weight excluding hydrogens is 306 g/mol. The van der Waals surface area contributed by atoms with Gasteiger partial charge in [0.2, 0.25) is 0 Å². The normalized spacial score (nSPS) is 10.7. The van der Waals surface area contributed by atoms with Gasteiger partial charge in [0.1, 0.15) is 5.75 Å². The molecule has 0 fully saturated rings. The molecule has 0 radical (unpaired) electrons. The Labute approximate surface area is 153 Å². The van der Waals surface area contributed by atoms with E-state index < -0.39 is 0 Å². The van der Waals surface area contributed by atoms with Gasteiger partial charge in [0.05, 0.1) is 7.11 Å². The topological polar surface area (TPSA) is 12.5 Å². The second-order valence-electron chi connectivity index (χ2n) is 6.91. The van der Waals surface area contributed by atoms with Gasteiger partial charge in [0.25, 0.3) is 0 Å². The SMILES string of the molecule is CCCCCCCCN(c1cccc(OC)c1)c1ccc(C)cc1C. The van der Waals surface area contributed by atoms with E-state index in [1.807, 2.05) is 6.07 Å². The Morgan fingerprint density at radius 2 is 1.64 bits per heavy atom. The van der Waals surface area contributed by atoms with Crippen molar-refractivity contribution in [1.82, 2.24) is 0 Å². The van der Waals surface area contributed by atoms with Crippen molar-refractivity contribution in [1.29, 1.82) is 0 Å². The third kappa shape index (κ3) is 5.81. The average molecular weight is 340 g/mol. The number of anilines is 2. The minimum absolute atomic E-state index is 0.912. The van der Waals surface area contributed by atoms with Crippen LogP contribution in [0.4, 0.5) is 11.4 Å². The Bertz CT molecular complexity index is 650. The molecule has 0 aliphatic rings. The summed E-state index contributed by atoms with van der Waals surface area (Å²) < 4.78 is 5.43. The molecule has 2 heteroatoms. The highest BCUT2D eigenvalue weighted by Gasteiger charge is 2.12. The van der Waals surface area contributed by atoms with Crippen molar-refractivity contribution >= 4 is 11.4 Å². The lowest BCUT2D eigenvalue weighted by atomic mass is 10.1. The van der Waals surface area contributed by atoms with Crippen molar-refractivity contribution in [2.45, 2.75) is 59.3 Å². The molecule has 0 bridgehead atoms. The minimum Gasteiger partial charge on any atom is -0.497 e. The van der Waals surface area contributed by atoms with E-state index in [0.717, 1.165) is 12.3 Å². The van der Waals surface area contributed by atoms with Crippen LogP contribution in [0.1, 0.15) is 56.6 Å². The zero-order chi connectivity index (χ0) is 18.1. The van der Waals surface area contributed by atoms with E-state index in [0.29, 0.717) is 0 Å². The molecule has 25 heavy (non-hydrogen) atoms. The summed E-state index contributed by atoms with van der Waals surface area (Å²) in [4.78, 5) is 2.44. The highest BCUT2D eigenvalue weighted by atomic mass is 16.5. The maximum atomic E-state index is 5.43. The van der Waals surface area contributed by atoms with Crippen LogP contribution in [0.25, 0.3) is 0 Å². The van der Waals surface area contributed by atoms with Gasteiger partial charge in [0, 0.05) is 24.0 Å². The number of methoxy groups -OCH3 is 1. The van der Waals surface area contributed by atoms with Gasteiger partial charge in [-0.1, -0.05) is 62.8 Å². The van der Waals surface area contributed by atoms with Gasteiger partial charge in [-0.3, -0.25) is 0 Å². The van der Waals surface area contributed by atoms with Crippen molar-refractivity contribution in [3.05, 3.63) is 53.6 Å². The van der Waals surface area contributed by atoms with Gasteiger partial charge >= 0.3 is 0 Å². The van der Waals surface area contributed by atoms with E-state index >= 15 is 0 Å². The Hall–Kier alpha value is -1.96. The Balaban J connectivity index is 2.16. The molecule has 0 unspecified atom stereocenters. The van der Waals surface area contributed by atoms with E-state index in [-0.39, 0.29) is 0 Å². The lowest BCUT2D eigenvalue weighted by Gasteiger charge is -2.27. The van der Waals surface area contributed by atoms with Crippen LogP contribution in [0.15, 0.2) is 42.5 Å². The quantitative estimate of drug-likeness (QED) is 0.441. The summed E-state index contributed by atoms with van der Waals surface area (Å²) in [5.74, 6) is 0.912. The van der Waals surface area contributed by atoms with E-state index in [9.17, 15) is 0 Å². The summed E-state index contributed by atoms with van der Waals surface area (Å²) in [6.45, 7) is 7.67. The highest BCUT2D eigenvalue weighted by molar-refractivity contribution is 5.67. The van der Waals surface area contributed by atoms with Gasteiger partial charge in [-0.15, -0.1) is 0 Å². The Morgan fingerprint density at radius 1 is 0.880 bits per heavy atom. The van der Waals surface area contributed by atoms with Crippen LogP contribution in [-0.2, 0) is 0 Å². The Kier molecular flexibility index (Phi) is 7.84. The second-order valence-corrected chi connectivity index (χ2v) is 6.91. The maximum Gasteiger partial charge on any atom is 0.120 e. The molecule has 2 aromatic rings. The van der Waals surface area contributed by atoms with Crippen LogP contribution >= 0.6 is 0 Å². The lowest BCUT2D eigenvalue weighted by Crippen LogP contribution is -2.19. The van der Waals surface area contributed by atoms with E-state index in [1.165, 1.54) is 61.0 Å². The molecule has 0 aliphatic carbocycles. The highest BCUT2D eigenvalue weighted by Crippen LogP contribution is 2.31. The molecule has 2 aromatic carbocycles. The molecule has 0 saturated heterocycles. The maximum absolute atomic E-state index is 5.43.